The third-order valence-electron chi connectivity index (χ3n) is 2.01. The van der Waals surface area contributed by atoms with E-state index >= 15 is 0 Å². The standard InChI is InChI=1S/C13H10N2/c1-11-13(5-3-9-15-11)7-6-12-4-2-8-14-10-12/h2-5,8-10H,1H3. The van der Waals surface area contributed by atoms with Crippen LogP contribution >= 0.6 is 0 Å². The third-order valence-corrected chi connectivity index (χ3v) is 2.01. The molecule has 2 heteroatoms. The van der Waals surface area contributed by atoms with Crippen molar-refractivity contribution < 1.29 is 0 Å². The Balaban J connectivity index is 2.31. The summed E-state index contributed by atoms with van der Waals surface area (Å²) >= 11 is 0. The molecule has 0 saturated heterocycles. The van der Waals surface area contributed by atoms with Crippen molar-refractivity contribution in [2.75, 3.05) is 0 Å². The van der Waals surface area contributed by atoms with Crippen molar-refractivity contribution in [3.05, 3.63) is 59.7 Å². The molecule has 0 amide bonds. The molecule has 0 aliphatic rings. The van der Waals surface area contributed by atoms with Gasteiger partial charge in [0.1, 0.15) is 0 Å². The summed E-state index contributed by atoms with van der Waals surface area (Å²) < 4.78 is 0. The molecule has 2 rings (SSSR count). The van der Waals surface area contributed by atoms with Crippen LogP contribution in [-0.2, 0) is 0 Å². The summed E-state index contributed by atoms with van der Waals surface area (Å²) in [6, 6.07) is 7.66. The van der Waals surface area contributed by atoms with Crippen LogP contribution in [0.3, 0.4) is 0 Å². The van der Waals surface area contributed by atoms with Crippen molar-refractivity contribution in [2.45, 2.75) is 6.92 Å². The van der Waals surface area contributed by atoms with E-state index in [1.807, 2.05) is 31.2 Å². The van der Waals surface area contributed by atoms with Gasteiger partial charge in [-0.05, 0) is 31.2 Å². The fourth-order valence-corrected chi connectivity index (χ4v) is 1.19. The second-order valence-corrected chi connectivity index (χ2v) is 3.13. The summed E-state index contributed by atoms with van der Waals surface area (Å²) in [7, 11) is 0. The predicted molar refractivity (Wildman–Crippen MR) is 59.2 cm³/mol. The molecule has 15 heavy (non-hydrogen) atoms. The van der Waals surface area contributed by atoms with Crippen LogP contribution in [0.4, 0.5) is 0 Å². The van der Waals surface area contributed by atoms with Gasteiger partial charge in [-0.15, -0.1) is 0 Å². The van der Waals surface area contributed by atoms with Crippen LogP contribution in [0, 0.1) is 18.8 Å². The zero-order valence-corrected chi connectivity index (χ0v) is 8.44. The smallest absolute Gasteiger partial charge is 0.0529 e. The monoisotopic (exact) mass is 194 g/mol. The molecule has 0 saturated carbocycles. The molecule has 2 aromatic rings. The Kier molecular flexibility index (Phi) is 2.75. The number of rotatable bonds is 0. The Morgan fingerprint density at radius 1 is 1.07 bits per heavy atom. The van der Waals surface area contributed by atoms with Crippen LogP contribution < -0.4 is 0 Å². The summed E-state index contributed by atoms with van der Waals surface area (Å²) in [6.07, 6.45) is 5.25. The number of nitrogens with zero attached hydrogens (tertiary/aromatic N) is 2. The van der Waals surface area contributed by atoms with Crippen LogP contribution in [0.15, 0.2) is 42.9 Å². The maximum Gasteiger partial charge on any atom is 0.0529 e. The van der Waals surface area contributed by atoms with Crippen molar-refractivity contribution in [1.29, 1.82) is 0 Å². The van der Waals surface area contributed by atoms with E-state index in [1.165, 1.54) is 0 Å². The molecule has 72 valence electrons. The van der Waals surface area contributed by atoms with Gasteiger partial charge in [-0.3, -0.25) is 9.97 Å². The zero-order chi connectivity index (χ0) is 10.5. The molecule has 0 N–H and O–H groups in total. The lowest BCUT2D eigenvalue weighted by Gasteiger charge is -1.93. The van der Waals surface area contributed by atoms with E-state index in [2.05, 4.69) is 21.8 Å². The van der Waals surface area contributed by atoms with E-state index in [0.29, 0.717) is 0 Å². The Morgan fingerprint density at radius 3 is 2.67 bits per heavy atom. The van der Waals surface area contributed by atoms with Crippen LogP contribution in [0.1, 0.15) is 16.8 Å². The lowest BCUT2D eigenvalue weighted by Crippen LogP contribution is -1.85. The third kappa shape index (κ3) is 2.41. The number of aryl methyl sites for hydroxylation is 1. The van der Waals surface area contributed by atoms with Gasteiger partial charge in [-0.25, -0.2) is 0 Å². The number of hydrogen-bond donors (Lipinski definition) is 0. The van der Waals surface area contributed by atoms with Gasteiger partial charge in [0.15, 0.2) is 0 Å². The van der Waals surface area contributed by atoms with Gasteiger partial charge in [0, 0.05) is 29.7 Å². The maximum absolute atomic E-state index is 4.17. The summed E-state index contributed by atoms with van der Waals surface area (Å²) in [4.78, 5) is 8.17. The first-order valence-corrected chi connectivity index (χ1v) is 4.70. The van der Waals surface area contributed by atoms with Crippen molar-refractivity contribution in [1.82, 2.24) is 9.97 Å². The van der Waals surface area contributed by atoms with Crippen molar-refractivity contribution in [3.8, 4) is 11.8 Å². The molecule has 2 nitrogen and oxygen atoms in total. The van der Waals surface area contributed by atoms with Crippen molar-refractivity contribution >= 4 is 0 Å². The molecule has 0 spiro atoms. The Morgan fingerprint density at radius 2 is 1.93 bits per heavy atom. The van der Waals surface area contributed by atoms with Crippen LogP contribution in [-0.4, -0.2) is 9.97 Å². The van der Waals surface area contributed by atoms with E-state index in [-0.39, 0.29) is 0 Å². The second-order valence-electron chi connectivity index (χ2n) is 3.13. The first-order valence-electron chi connectivity index (χ1n) is 4.70. The van der Waals surface area contributed by atoms with E-state index in [9.17, 15) is 0 Å². The maximum atomic E-state index is 4.17. The SMILES string of the molecule is Cc1ncccc1C#Cc1cccnc1. The van der Waals surface area contributed by atoms with E-state index in [4.69, 9.17) is 0 Å². The fourth-order valence-electron chi connectivity index (χ4n) is 1.19. The fraction of sp³-hybridized carbons (Fsp3) is 0.0769. The van der Waals surface area contributed by atoms with Gasteiger partial charge < -0.3 is 0 Å². The molecule has 0 unspecified atom stereocenters. The van der Waals surface area contributed by atoms with E-state index in [0.717, 1.165) is 16.8 Å². The average Bonchev–Trinajstić information content (AvgIpc) is 2.29. The van der Waals surface area contributed by atoms with Gasteiger partial charge >= 0.3 is 0 Å². The highest BCUT2D eigenvalue weighted by Gasteiger charge is 1.91. The highest BCUT2D eigenvalue weighted by atomic mass is 14.7. The largest absolute Gasteiger partial charge is 0.263 e. The number of aromatic nitrogens is 2. The van der Waals surface area contributed by atoms with E-state index < -0.39 is 0 Å². The molecule has 2 heterocycles. The lowest BCUT2D eigenvalue weighted by molar-refractivity contribution is 1.19. The lowest BCUT2D eigenvalue weighted by atomic mass is 10.2. The van der Waals surface area contributed by atoms with E-state index in [1.54, 1.807) is 18.6 Å². The molecule has 0 bridgehead atoms. The Hall–Kier alpha value is -2.14. The topological polar surface area (TPSA) is 25.8 Å². The van der Waals surface area contributed by atoms with Crippen molar-refractivity contribution in [3.63, 3.8) is 0 Å². The number of pyridine rings is 2. The zero-order valence-electron chi connectivity index (χ0n) is 8.44. The minimum absolute atomic E-state index is 0.917. The molecular formula is C13H10N2. The molecule has 0 radical (unpaired) electrons. The highest BCUT2D eigenvalue weighted by Crippen LogP contribution is 2.01. The van der Waals surface area contributed by atoms with Gasteiger partial charge in [0.25, 0.3) is 0 Å². The van der Waals surface area contributed by atoms with Gasteiger partial charge in [-0.1, -0.05) is 11.8 Å². The van der Waals surface area contributed by atoms with Gasteiger partial charge in [-0.2, -0.15) is 0 Å². The average molecular weight is 194 g/mol. The normalized spacial score (nSPS) is 9.13. The van der Waals surface area contributed by atoms with Crippen LogP contribution in [0.5, 0.6) is 0 Å². The summed E-state index contributed by atoms with van der Waals surface area (Å²) in [6.45, 7) is 1.95. The van der Waals surface area contributed by atoms with Crippen LogP contribution in [0.25, 0.3) is 0 Å². The molecular weight excluding hydrogens is 184 g/mol. The first-order chi connectivity index (χ1) is 7.36. The van der Waals surface area contributed by atoms with Gasteiger partial charge in [0.2, 0.25) is 0 Å². The predicted octanol–water partition coefficient (Wildman–Crippen LogP) is 2.18. The summed E-state index contributed by atoms with van der Waals surface area (Å²) in [5.74, 6) is 6.13. The highest BCUT2D eigenvalue weighted by molar-refractivity contribution is 5.43. The minimum atomic E-state index is 0.917. The number of hydrogen-bond acceptors (Lipinski definition) is 2. The Labute approximate surface area is 89.0 Å². The molecule has 0 atom stereocenters. The molecule has 0 aliphatic carbocycles. The molecule has 0 aromatic carbocycles. The van der Waals surface area contributed by atoms with Crippen LogP contribution in [0.2, 0.25) is 0 Å². The first kappa shape index (κ1) is 9.42. The van der Waals surface area contributed by atoms with Crippen molar-refractivity contribution in [2.24, 2.45) is 0 Å². The summed E-state index contributed by atoms with van der Waals surface area (Å²) in [5, 5.41) is 0. The molecule has 0 fully saturated rings. The van der Waals surface area contributed by atoms with Gasteiger partial charge in [0.05, 0.1) is 5.69 Å². The molecule has 0 aliphatic heterocycles. The second kappa shape index (κ2) is 4.39. The summed E-state index contributed by atoms with van der Waals surface area (Å²) in [5.41, 5.74) is 2.83. The quantitative estimate of drug-likeness (QED) is 0.601. The molecule has 2 aromatic heterocycles. The minimum Gasteiger partial charge on any atom is -0.263 e. The Bertz CT molecular complexity index is 507.